The van der Waals surface area contributed by atoms with Crippen molar-refractivity contribution in [3.05, 3.63) is 30.3 Å². The Morgan fingerprint density at radius 3 is 2.68 bits per heavy atom. The maximum absolute atomic E-state index is 12.4. The van der Waals surface area contributed by atoms with E-state index in [0.29, 0.717) is 12.5 Å². The minimum atomic E-state index is -0.453. The lowest BCUT2D eigenvalue weighted by atomic mass is 10.00. The number of hydrogen-bond acceptors (Lipinski definition) is 3. The molecule has 0 aromatic heterocycles. The normalized spacial score (nSPS) is 22.9. The molecular weight excluding hydrogens is 276 g/mol. The van der Waals surface area contributed by atoms with E-state index in [1.165, 1.54) is 5.69 Å². The Morgan fingerprint density at radius 1 is 1.36 bits per heavy atom. The van der Waals surface area contributed by atoms with E-state index in [4.69, 9.17) is 0 Å². The van der Waals surface area contributed by atoms with Crippen LogP contribution in [0.1, 0.15) is 33.6 Å². The van der Waals surface area contributed by atoms with E-state index >= 15 is 0 Å². The van der Waals surface area contributed by atoms with Gasteiger partial charge in [-0.1, -0.05) is 32.0 Å². The number of anilines is 1. The number of aliphatic hydroxyl groups is 1. The molecule has 2 N–H and O–H groups in total. The fourth-order valence-corrected chi connectivity index (χ4v) is 3.25. The van der Waals surface area contributed by atoms with Crippen molar-refractivity contribution in [3.8, 4) is 0 Å². The second-order valence-corrected chi connectivity index (χ2v) is 6.69. The molecule has 1 saturated heterocycles. The van der Waals surface area contributed by atoms with Gasteiger partial charge in [0, 0.05) is 24.8 Å². The van der Waals surface area contributed by atoms with E-state index in [1.54, 1.807) is 0 Å². The smallest absolute Gasteiger partial charge is 0.225 e. The molecule has 1 amide bonds. The Kier molecular flexibility index (Phi) is 5.83. The molecule has 1 fully saturated rings. The number of nitrogens with zero attached hydrogens (tertiary/aromatic N) is 1. The number of carbonyl (C=O) groups excluding carboxylic acids is 1. The molecule has 0 saturated carbocycles. The van der Waals surface area contributed by atoms with Crippen LogP contribution in [0.2, 0.25) is 0 Å². The molecule has 0 bridgehead atoms. The van der Waals surface area contributed by atoms with Gasteiger partial charge < -0.3 is 15.3 Å². The number of nitrogens with one attached hydrogen (secondary N) is 1. The molecular formula is C18H28N2O2. The lowest BCUT2D eigenvalue weighted by Crippen LogP contribution is -2.41. The second kappa shape index (κ2) is 7.63. The Bertz CT molecular complexity index is 475. The van der Waals surface area contributed by atoms with Crippen LogP contribution in [0.3, 0.4) is 0 Å². The van der Waals surface area contributed by atoms with Crippen molar-refractivity contribution < 1.29 is 9.90 Å². The lowest BCUT2D eigenvalue weighted by molar-refractivity contribution is -0.125. The molecule has 0 radical (unpaired) electrons. The summed E-state index contributed by atoms with van der Waals surface area (Å²) in [6, 6.07) is 10.4. The fraction of sp³-hybridized carbons (Fsp3) is 0.611. The largest absolute Gasteiger partial charge is 0.391 e. The standard InChI is InChI=1S/C18H28N2O2/c1-13(2)11-16(21)12-19-18(22)17-9-10-20(14(17)3)15-7-5-4-6-8-15/h4-8,13-14,16-17,21H,9-12H2,1-3H3,(H,19,22). The van der Waals surface area contributed by atoms with Crippen molar-refractivity contribution in [2.75, 3.05) is 18.0 Å². The van der Waals surface area contributed by atoms with Gasteiger partial charge in [0.15, 0.2) is 0 Å². The Hall–Kier alpha value is -1.55. The average Bonchev–Trinajstić information content (AvgIpc) is 2.87. The van der Waals surface area contributed by atoms with E-state index < -0.39 is 6.10 Å². The summed E-state index contributed by atoms with van der Waals surface area (Å²) in [6.07, 6.45) is 1.13. The van der Waals surface area contributed by atoms with Gasteiger partial charge in [0.2, 0.25) is 5.91 Å². The number of rotatable bonds is 6. The first-order chi connectivity index (χ1) is 10.5. The monoisotopic (exact) mass is 304 g/mol. The van der Waals surface area contributed by atoms with Gasteiger partial charge in [0.25, 0.3) is 0 Å². The number of hydrogen-bond donors (Lipinski definition) is 2. The predicted molar refractivity (Wildman–Crippen MR) is 89.8 cm³/mol. The van der Waals surface area contributed by atoms with Gasteiger partial charge in [-0.3, -0.25) is 4.79 Å². The molecule has 122 valence electrons. The molecule has 1 heterocycles. The Labute approximate surface area is 133 Å². The number of para-hydroxylation sites is 1. The Balaban J connectivity index is 1.87. The van der Waals surface area contributed by atoms with Crippen LogP contribution in [0.15, 0.2) is 30.3 Å². The SMILES string of the molecule is CC(C)CC(O)CNC(=O)C1CCN(c2ccccc2)C1C. The second-order valence-electron chi connectivity index (χ2n) is 6.69. The average molecular weight is 304 g/mol. The zero-order valence-electron chi connectivity index (χ0n) is 13.8. The highest BCUT2D eigenvalue weighted by atomic mass is 16.3. The zero-order chi connectivity index (χ0) is 16.1. The van der Waals surface area contributed by atoms with Crippen LogP contribution in [0.4, 0.5) is 5.69 Å². The summed E-state index contributed by atoms with van der Waals surface area (Å²) in [5.41, 5.74) is 1.17. The van der Waals surface area contributed by atoms with Crippen LogP contribution in [-0.2, 0) is 4.79 Å². The number of aliphatic hydroxyl groups excluding tert-OH is 1. The van der Waals surface area contributed by atoms with Crippen molar-refractivity contribution in [2.24, 2.45) is 11.8 Å². The molecule has 1 aromatic carbocycles. The van der Waals surface area contributed by atoms with E-state index in [9.17, 15) is 9.90 Å². The van der Waals surface area contributed by atoms with Crippen molar-refractivity contribution >= 4 is 11.6 Å². The summed E-state index contributed by atoms with van der Waals surface area (Å²) in [4.78, 5) is 14.7. The van der Waals surface area contributed by atoms with Gasteiger partial charge in [-0.25, -0.2) is 0 Å². The van der Waals surface area contributed by atoms with E-state index in [0.717, 1.165) is 19.4 Å². The topological polar surface area (TPSA) is 52.6 Å². The molecule has 2 rings (SSSR count). The molecule has 1 aromatic rings. The van der Waals surface area contributed by atoms with Crippen molar-refractivity contribution in [1.29, 1.82) is 0 Å². The van der Waals surface area contributed by atoms with Crippen molar-refractivity contribution in [2.45, 2.75) is 45.8 Å². The summed E-state index contributed by atoms with van der Waals surface area (Å²) >= 11 is 0. The third kappa shape index (κ3) is 4.23. The summed E-state index contributed by atoms with van der Waals surface area (Å²) in [5.74, 6) is 0.492. The summed E-state index contributed by atoms with van der Waals surface area (Å²) in [7, 11) is 0. The molecule has 4 heteroatoms. The highest BCUT2D eigenvalue weighted by Crippen LogP contribution is 2.29. The van der Waals surface area contributed by atoms with Crippen LogP contribution in [0, 0.1) is 11.8 Å². The van der Waals surface area contributed by atoms with Crippen molar-refractivity contribution in [3.63, 3.8) is 0 Å². The van der Waals surface area contributed by atoms with E-state index in [1.807, 2.05) is 18.2 Å². The summed E-state index contributed by atoms with van der Waals surface area (Å²) in [6.45, 7) is 7.50. The first-order valence-electron chi connectivity index (χ1n) is 8.26. The van der Waals surface area contributed by atoms with Gasteiger partial charge in [-0.2, -0.15) is 0 Å². The minimum Gasteiger partial charge on any atom is -0.391 e. The first kappa shape index (κ1) is 16.8. The minimum absolute atomic E-state index is 0.00791. The maximum Gasteiger partial charge on any atom is 0.225 e. The molecule has 3 atom stereocenters. The lowest BCUT2D eigenvalue weighted by Gasteiger charge is -2.26. The third-order valence-electron chi connectivity index (χ3n) is 4.43. The molecule has 0 aliphatic carbocycles. The highest BCUT2D eigenvalue weighted by Gasteiger charge is 2.35. The van der Waals surface area contributed by atoms with Gasteiger partial charge in [-0.15, -0.1) is 0 Å². The Morgan fingerprint density at radius 2 is 2.05 bits per heavy atom. The third-order valence-corrected chi connectivity index (χ3v) is 4.43. The first-order valence-corrected chi connectivity index (χ1v) is 8.26. The van der Waals surface area contributed by atoms with Gasteiger partial charge in [0.05, 0.1) is 12.0 Å². The predicted octanol–water partition coefficient (Wildman–Crippen LogP) is 2.42. The number of benzene rings is 1. The molecule has 3 unspecified atom stereocenters. The highest BCUT2D eigenvalue weighted by molar-refractivity contribution is 5.80. The fourth-order valence-electron chi connectivity index (χ4n) is 3.25. The van der Waals surface area contributed by atoms with E-state index in [2.05, 4.69) is 43.1 Å². The van der Waals surface area contributed by atoms with Crippen LogP contribution < -0.4 is 10.2 Å². The van der Waals surface area contributed by atoms with Crippen LogP contribution in [0.25, 0.3) is 0 Å². The number of carbonyl (C=O) groups is 1. The van der Waals surface area contributed by atoms with Gasteiger partial charge >= 0.3 is 0 Å². The van der Waals surface area contributed by atoms with Gasteiger partial charge in [0.1, 0.15) is 0 Å². The molecule has 1 aliphatic heterocycles. The molecule has 1 aliphatic rings. The van der Waals surface area contributed by atoms with Crippen LogP contribution >= 0.6 is 0 Å². The molecule has 0 spiro atoms. The van der Waals surface area contributed by atoms with Crippen molar-refractivity contribution in [1.82, 2.24) is 5.32 Å². The molecule has 4 nitrogen and oxygen atoms in total. The molecule has 22 heavy (non-hydrogen) atoms. The van der Waals surface area contributed by atoms with Crippen LogP contribution in [-0.4, -0.2) is 36.2 Å². The summed E-state index contributed by atoms with van der Waals surface area (Å²) < 4.78 is 0. The van der Waals surface area contributed by atoms with Crippen LogP contribution in [0.5, 0.6) is 0 Å². The quantitative estimate of drug-likeness (QED) is 0.848. The van der Waals surface area contributed by atoms with E-state index in [-0.39, 0.29) is 17.9 Å². The summed E-state index contributed by atoms with van der Waals surface area (Å²) in [5, 5.41) is 12.8. The maximum atomic E-state index is 12.4. The number of amides is 1. The zero-order valence-corrected chi connectivity index (χ0v) is 13.8. The van der Waals surface area contributed by atoms with Gasteiger partial charge in [-0.05, 0) is 37.8 Å².